The smallest absolute Gasteiger partial charge is 0.287 e. The van der Waals surface area contributed by atoms with Gasteiger partial charge in [-0.25, -0.2) is 0 Å². The molecule has 0 aliphatic heterocycles. The van der Waals surface area contributed by atoms with Gasteiger partial charge in [0.15, 0.2) is 0 Å². The van der Waals surface area contributed by atoms with Crippen molar-refractivity contribution < 1.29 is 14.5 Å². The van der Waals surface area contributed by atoms with Crippen LogP contribution < -0.4 is 0 Å². The number of nitro groups is 1. The van der Waals surface area contributed by atoms with Gasteiger partial charge in [0, 0.05) is 26.8 Å². The van der Waals surface area contributed by atoms with E-state index in [0.29, 0.717) is 13.2 Å². The second kappa shape index (κ2) is 6.50. The minimum absolute atomic E-state index is 0.0152. The highest BCUT2D eigenvalue weighted by Crippen LogP contribution is 2.14. The van der Waals surface area contributed by atoms with Crippen molar-refractivity contribution in [2.75, 3.05) is 27.3 Å². The van der Waals surface area contributed by atoms with Crippen molar-refractivity contribution in [1.82, 2.24) is 9.88 Å². The van der Waals surface area contributed by atoms with E-state index in [9.17, 15) is 14.9 Å². The summed E-state index contributed by atoms with van der Waals surface area (Å²) in [5.74, 6) is -0.302. The van der Waals surface area contributed by atoms with Gasteiger partial charge in [-0.1, -0.05) is 15.9 Å². The Morgan fingerprint density at radius 3 is 2.89 bits per heavy atom. The average Bonchev–Trinajstić information content (AvgIpc) is 2.77. The Balaban J connectivity index is 2.65. The molecular weight excluding hydrogens is 306 g/mol. The molecule has 0 saturated heterocycles. The summed E-state index contributed by atoms with van der Waals surface area (Å²) in [7, 11) is 3.20. The van der Waals surface area contributed by atoms with Gasteiger partial charge in [0.2, 0.25) is 0 Å². The third kappa shape index (κ3) is 3.81. The van der Waals surface area contributed by atoms with Crippen LogP contribution >= 0.6 is 15.9 Å². The van der Waals surface area contributed by atoms with Crippen molar-refractivity contribution in [1.29, 1.82) is 0 Å². The normalized spacial score (nSPS) is 12.2. The SMILES string of the molecule is COCC(Br)CN(C)C(=O)c1cc([N+](=O)[O-])c[nH]1. The van der Waals surface area contributed by atoms with E-state index >= 15 is 0 Å². The number of H-pyrrole nitrogens is 1. The van der Waals surface area contributed by atoms with Crippen LogP contribution in [0.5, 0.6) is 0 Å². The molecule has 1 aromatic rings. The van der Waals surface area contributed by atoms with E-state index in [1.165, 1.54) is 17.2 Å². The van der Waals surface area contributed by atoms with Gasteiger partial charge in [0.25, 0.3) is 11.6 Å². The van der Waals surface area contributed by atoms with Gasteiger partial charge in [-0.15, -0.1) is 0 Å². The monoisotopic (exact) mass is 319 g/mol. The fraction of sp³-hybridized carbons (Fsp3) is 0.500. The number of halogens is 1. The molecule has 0 radical (unpaired) electrons. The predicted octanol–water partition coefficient (Wildman–Crippen LogP) is 1.40. The molecule has 8 heteroatoms. The number of carbonyl (C=O) groups excluding carboxylic acids is 1. The number of hydrogen-bond donors (Lipinski definition) is 1. The van der Waals surface area contributed by atoms with E-state index < -0.39 is 4.92 Å². The molecule has 1 heterocycles. The zero-order valence-corrected chi connectivity index (χ0v) is 11.6. The molecule has 100 valence electrons. The number of rotatable bonds is 6. The standard InChI is InChI=1S/C10H14BrN3O4/c1-13(5-7(11)6-18-2)10(15)9-3-8(4-12-9)14(16)17/h3-4,7,12H,5-6H2,1-2H3. The van der Waals surface area contributed by atoms with E-state index in [0.717, 1.165) is 0 Å². The molecule has 1 aromatic heterocycles. The number of hydrogen-bond acceptors (Lipinski definition) is 4. The highest BCUT2D eigenvalue weighted by Gasteiger charge is 2.19. The molecule has 0 bridgehead atoms. The molecular formula is C10H14BrN3O4. The van der Waals surface area contributed by atoms with Crippen LogP contribution in [0.3, 0.4) is 0 Å². The third-order valence-corrected chi connectivity index (χ3v) is 2.83. The fourth-order valence-electron chi connectivity index (χ4n) is 1.43. The summed E-state index contributed by atoms with van der Waals surface area (Å²) in [6.07, 6.45) is 1.20. The van der Waals surface area contributed by atoms with Gasteiger partial charge < -0.3 is 14.6 Å². The molecule has 1 unspecified atom stereocenters. The molecule has 0 aromatic carbocycles. The van der Waals surface area contributed by atoms with Gasteiger partial charge in [-0.3, -0.25) is 14.9 Å². The second-order valence-electron chi connectivity index (χ2n) is 3.77. The highest BCUT2D eigenvalue weighted by molar-refractivity contribution is 9.09. The molecule has 1 rings (SSSR count). The number of amides is 1. The number of methoxy groups -OCH3 is 1. The summed E-state index contributed by atoms with van der Waals surface area (Å²) in [6.45, 7) is 0.919. The first-order valence-electron chi connectivity index (χ1n) is 5.17. The van der Waals surface area contributed by atoms with E-state index in [1.807, 2.05) is 0 Å². The zero-order valence-electron chi connectivity index (χ0n) is 10.1. The summed E-state index contributed by atoms with van der Waals surface area (Å²) in [5.41, 5.74) is 0.0698. The molecule has 18 heavy (non-hydrogen) atoms. The van der Waals surface area contributed by atoms with Crippen LogP contribution in [0.25, 0.3) is 0 Å². The van der Waals surface area contributed by atoms with E-state index in [4.69, 9.17) is 4.74 Å². The topological polar surface area (TPSA) is 88.5 Å². The lowest BCUT2D eigenvalue weighted by atomic mass is 10.3. The predicted molar refractivity (Wildman–Crippen MR) is 69.0 cm³/mol. The number of ether oxygens (including phenoxy) is 1. The number of carbonyl (C=O) groups is 1. The van der Waals surface area contributed by atoms with Crippen molar-refractivity contribution in [3.05, 3.63) is 28.1 Å². The minimum atomic E-state index is -0.550. The summed E-state index contributed by atoms with van der Waals surface area (Å²) >= 11 is 3.37. The second-order valence-corrected chi connectivity index (χ2v) is 5.06. The Morgan fingerprint density at radius 2 is 2.39 bits per heavy atom. The van der Waals surface area contributed by atoms with E-state index in [1.54, 1.807) is 14.2 Å². The Morgan fingerprint density at radius 1 is 1.72 bits per heavy atom. The first-order valence-corrected chi connectivity index (χ1v) is 6.08. The average molecular weight is 320 g/mol. The summed E-state index contributed by atoms with van der Waals surface area (Å²) in [6, 6.07) is 1.22. The Labute approximate surface area is 112 Å². The van der Waals surface area contributed by atoms with Crippen LogP contribution in [0.2, 0.25) is 0 Å². The van der Waals surface area contributed by atoms with Gasteiger partial charge in [0.05, 0.1) is 22.6 Å². The quantitative estimate of drug-likeness (QED) is 0.487. The maximum Gasteiger partial charge on any atom is 0.287 e. The summed E-state index contributed by atoms with van der Waals surface area (Å²) in [5, 5.41) is 10.5. The van der Waals surface area contributed by atoms with E-state index in [2.05, 4.69) is 20.9 Å². The first-order chi connectivity index (χ1) is 8.45. The molecule has 0 aliphatic carbocycles. The van der Waals surface area contributed by atoms with Crippen LogP contribution in [0, 0.1) is 10.1 Å². The number of nitrogens with zero attached hydrogens (tertiary/aromatic N) is 2. The van der Waals surface area contributed by atoms with Crippen molar-refractivity contribution in [3.63, 3.8) is 0 Å². The molecule has 1 amide bonds. The van der Waals surface area contributed by atoms with Gasteiger partial charge in [0.1, 0.15) is 5.69 Å². The summed E-state index contributed by atoms with van der Waals surface area (Å²) in [4.78, 5) is 26.0. The zero-order chi connectivity index (χ0) is 13.7. The number of alkyl halides is 1. The first kappa shape index (κ1) is 14.7. The lowest BCUT2D eigenvalue weighted by Crippen LogP contribution is -2.33. The number of aromatic nitrogens is 1. The van der Waals surface area contributed by atoms with Crippen LogP contribution in [-0.4, -0.2) is 52.9 Å². The van der Waals surface area contributed by atoms with Crippen molar-refractivity contribution in [2.24, 2.45) is 0 Å². The Kier molecular flexibility index (Phi) is 5.29. The van der Waals surface area contributed by atoms with Crippen molar-refractivity contribution in [2.45, 2.75) is 4.83 Å². The fourth-order valence-corrected chi connectivity index (χ4v) is 2.13. The Hall–Kier alpha value is -1.41. The van der Waals surface area contributed by atoms with Gasteiger partial charge >= 0.3 is 0 Å². The molecule has 1 N–H and O–H groups in total. The Bertz CT molecular complexity index is 435. The van der Waals surface area contributed by atoms with E-state index in [-0.39, 0.29) is 22.1 Å². The number of aromatic amines is 1. The van der Waals surface area contributed by atoms with Crippen LogP contribution in [0.4, 0.5) is 5.69 Å². The molecule has 0 aliphatic rings. The van der Waals surface area contributed by atoms with Crippen molar-refractivity contribution >= 4 is 27.5 Å². The lowest BCUT2D eigenvalue weighted by molar-refractivity contribution is -0.384. The minimum Gasteiger partial charge on any atom is -0.383 e. The number of nitrogens with one attached hydrogen (secondary N) is 1. The third-order valence-electron chi connectivity index (χ3n) is 2.28. The molecule has 7 nitrogen and oxygen atoms in total. The van der Waals surface area contributed by atoms with Crippen LogP contribution in [0.15, 0.2) is 12.3 Å². The molecule has 0 saturated carbocycles. The largest absolute Gasteiger partial charge is 0.383 e. The highest BCUT2D eigenvalue weighted by atomic mass is 79.9. The maximum atomic E-state index is 11.9. The van der Waals surface area contributed by atoms with Crippen LogP contribution in [0.1, 0.15) is 10.5 Å². The molecule has 1 atom stereocenters. The summed E-state index contributed by atoms with van der Waals surface area (Å²) < 4.78 is 4.94. The van der Waals surface area contributed by atoms with Crippen LogP contribution in [-0.2, 0) is 4.74 Å². The van der Waals surface area contributed by atoms with Crippen molar-refractivity contribution in [3.8, 4) is 0 Å². The van der Waals surface area contributed by atoms with Gasteiger partial charge in [-0.2, -0.15) is 0 Å². The molecule has 0 spiro atoms. The van der Waals surface area contributed by atoms with Gasteiger partial charge in [-0.05, 0) is 0 Å². The molecule has 0 fully saturated rings. The maximum absolute atomic E-state index is 11.9. The lowest BCUT2D eigenvalue weighted by Gasteiger charge is -2.19.